The van der Waals surface area contributed by atoms with Gasteiger partial charge in [0.05, 0.1) is 12.2 Å². The van der Waals surface area contributed by atoms with Crippen LogP contribution in [0.5, 0.6) is 0 Å². The van der Waals surface area contributed by atoms with E-state index in [9.17, 15) is 0 Å². The van der Waals surface area contributed by atoms with E-state index in [1.807, 2.05) is 0 Å². The summed E-state index contributed by atoms with van der Waals surface area (Å²) in [4.78, 5) is 0. The third kappa shape index (κ3) is 8.94. The summed E-state index contributed by atoms with van der Waals surface area (Å²) in [7, 11) is 0. The van der Waals surface area contributed by atoms with Crippen LogP contribution in [0.3, 0.4) is 0 Å². The molecular formula is C24H50O. The van der Waals surface area contributed by atoms with Crippen molar-refractivity contribution in [3.63, 3.8) is 0 Å². The predicted octanol–water partition coefficient (Wildman–Crippen LogP) is 8.27. The fourth-order valence-corrected chi connectivity index (χ4v) is 4.27. The fourth-order valence-electron chi connectivity index (χ4n) is 4.27. The summed E-state index contributed by atoms with van der Waals surface area (Å²) in [6, 6.07) is 0. The lowest BCUT2D eigenvalue weighted by molar-refractivity contribution is -0.154. The van der Waals surface area contributed by atoms with Gasteiger partial charge in [-0.2, -0.15) is 0 Å². The van der Waals surface area contributed by atoms with Crippen molar-refractivity contribution in [1.82, 2.24) is 0 Å². The molecular weight excluding hydrogens is 304 g/mol. The zero-order chi connectivity index (χ0) is 19.7. The van der Waals surface area contributed by atoms with Crippen LogP contribution in [-0.2, 0) is 4.74 Å². The van der Waals surface area contributed by atoms with E-state index in [1.165, 1.54) is 51.4 Å². The van der Waals surface area contributed by atoms with Crippen LogP contribution in [0.4, 0.5) is 0 Å². The van der Waals surface area contributed by atoms with Crippen LogP contribution in [0.15, 0.2) is 0 Å². The van der Waals surface area contributed by atoms with Gasteiger partial charge in [0.2, 0.25) is 0 Å². The molecule has 0 aliphatic rings. The number of unbranched alkanes of at least 4 members (excludes halogenated alkanes) is 2. The molecule has 4 unspecified atom stereocenters. The Morgan fingerprint density at radius 2 is 0.920 bits per heavy atom. The Balaban J connectivity index is 5.51. The normalized spacial score (nSPS) is 18.0. The van der Waals surface area contributed by atoms with Crippen LogP contribution in [0.2, 0.25) is 0 Å². The Bertz CT molecular complexity index is 288. The van der Waals surface area contributed by atoms with Crippen molar-refractivity contribution < 1.29 is 4.74 Å². The standard InChI is InChI=1S/C24H50O/c1-11-15-17-19(13-3)21(23(5,6)7)25-22(24(8,9)10)20(14-4)18-16-12-2/h19-22H,11-18H2,1-10H3. The average molecular weight is 355 g/mol. The summed E-state index contributed by atoms with van der Waals surface area (Å²) < 4.78 is 7.08. The third-order valence-electron chi connectivity index (χ3n) is 5.76. The molecule has 0 amide bonds. The summed E-state index contributed by atoms with van der Waals surface area (Å²) in [5, 5.41) is 0. The summed E-state index contributed by atoms with van der Waals surface area (Å²) in [6.07, 6.45) is 11.0. The fraction of sp³-hybridized carbons (Fsp3) is 1.00. The van der Waals surface area contributed by atoms with Gasteiger partial charge in [-0.25, -0.2) is 0 Å². The molecule has 0 rings (SSSR count). The van der Waals surface area contributed by atoms with Crippen molar-refractivity contribution in [3.8, 4) is 0 Å². The van der Waals surface area contributed by atoms with E-state index in [0.717, 1.165) is 0 Å². The quantitative estimate of drug-likeness (QED) is 0.342. The first-order chi connectivity index (χ1) is 11.5. The van der Waals surface area contributed by atoms with Crippen LogP contribution in [0.1, 0.15) is 121 Å². The summed E-state index contributed by atoms with van der Waals surface area (Å²) in [5.41, 5.74) is 0.391. The smallest absolute Gasteiger partial charge is 0.0655 e. The van der Waals surface area contributed by atoms with E-state index in [0.29, 0.717) is 24.0 Å². The predicted molar refractivity (Wildman–Crippen MR) is 114 cm³/mol. The molecule has 0 aromatic rings. The molecule has 1 nitrogen and oxygen atoms in total. The second-order valence-electron chi connectivity index (χ2n) is 10.3. The van der Waals surface area contributed by atoms with E-state index < -0.39 is 0 Å². The zero-order valence-corrected chi connectivity index (χ0v) is 19.4. The van der Waals surface area contributed by atoms with E-state index in [1.54, 1.807) is 0 Å². The second-order valence-corrected chi connectivity index (χ2v) is 10.3. The van der Waals surface area contributed by atoms with Gasteiger partial charge < -0.3 is 4.74 Å². The molecule has 152 valence electrons. The van der Waals surface area contributed by atoms with Crippen molar-refractivity contribution in [2.45, 2.75) is 133 Å². The monoisotopic (exact) mass is 354 g/mol. The number of rotatable bonds is 12. The summed E-state index contributed by atoms with van der Waals surface area (Å²) in [5.74, 6) is 1.35. The molecule has 0 radical (unpaired) electrons. The third-order valence-corrected chi connectivity index (χ3v) is 5.76. The molecule has 25 heavy (non-hydrogen) atoms. The first-order valence-corrected chi connectivity index (χ1v) is 11.2. The van der Waals surface area contributed by atoms with Crippen molar-refractivity contribution in [3.05, 3.63) is 0 Å². The highest BCUT2D eigenvalue weighted by atomic mass is 16.5. The van der Waals surface area contributed by atoms with Crippen LogP contribution >= 0.6 is 0 Å². The van der Waals surface area contributed by atoms with Gasteiger partial charge in [0.25, 0.3) is 0 Å². The lowest BCUT2D eigenvalue weighted by atomic mass is 9.75. The highest BCUT2D eigenvalue weighted by Gasteiger charge is 2.39. The van der Waals surface area contributed by atoms with Crippen LogP contribution in [0.25, 0.3) is 0 Å². The van der Waals surface area contributed by atoms with E-state index in [-0.39, 0.29) is 10.8 Å². The molecule has 0 heterocycles. The average Bonchev–Trinajstić information content (AvgIpc) is 2.50. The van der Waals surface area contributed by atoms with Gasteiger partial charge in [-0.3, -0.25) is 0 Å². The molecule has 0 N–H and O–H groups in total. The van der Waals surface area contributed by atoms with Crippen molar-refractivity contribution in [2.75, 3.05) is 0 Å². The highest BCUT2D eigenvalue weighted by Crippen LogP contribution is 2.40. The molecule has 0 aromatic heterocycles. The SMILES string of the molecule is CCCCC(CC)C(OC(C(CC)CCCC)C(C)(C)C)C(C)(C)C. The molecule has 0 spiro atoms. The maximum absolute atomic E-state index is 7.08. The van der Waals surface area contributed by atoms with Crippen molar-refractivity contribution >= 4 is 0 Å². The maximum atomic E-state index is 7.08. The minimum Gasteiger partial charge on any atom is -0.373 e. The van der Waals surface area contributed by atoms with Gasteiger partial charge in [0.15, 0.2) is 0 Å². The van der Waals surface area contributed by atoms with E-state index >= 15 is 0 Å². The van der Waals surface area contributed by atoms with Crippen molar-refractivity contribution in [1.29, 1.82) is 0 Å². The Labute approximate surface area is 160 Å². The van der Waals surface area contributed by atoms with Crippen LogP contribution < -0.4 is 0 Å². The highest BCUT2D eigenvalue weighted by molar-refractivity contribution is 4.88. The first kappa shape index (κ1) is 25.0. The molecule has 0 saturated carbocycles. The van der Waals surface area contributed by atoms with Gasteiger partial charge in [0, 0.05) is 0 Å². The maximum Gasteiger partial charge on any atom is 0.0655 e. The molecule has 0 fully saturated rings. The molecule has 0 aliphatic carbocycles. The Hall–Kier alpha value is -0.0400. The van der Waals surface area contributed by atoms with E-state index in [2.05, 4.69) is 69.2 Å². The van der Waals surface area contributed by atoms with E-state index in [4.69, 9.17) is 4.74 Å². The van der Waals surface area contributed by atoms with Gasteiger partial charge >= 0.3 is 0 Å². The molecule has 0 bridgehead atoms. The van der Waals surface area contributed by atoms with Gasteiger partial charge in [-0.05, 0) is 35.5 Å². The summed E-state index contributed by atoms with van der Waals surface area (Å²) in [6.45, 7) is 23.5. The topological polar surface area (TPSA) is 9.23 Å². The van der Waals surface area contributed by atoms with Crippen LogP contribution in [0, 0.1) is 22.7 Å². The number of hydrogen-bond donors (Lipinski definition) is 0. The Morgan fingerprint density at radius 1 is 0.600 bits per heavy atom. The summed E-state index contributed by atoms with van der Waals surface area (Å²) >= 11 is 0. The second kappa shape index (κ2) is 11.6. The molecule has 1 heteroatoms. The van der Waals surface area contributed by atoms with Crippen LogP contribution in [-0.4, -0.2) is 12.2 Å². The first-order valence-electron chi connectivity index (χ1n) is 11.2. The Morgan fingerprint density at radius 3 is 1.12 bits per heavy atom. The Kier molecular flexibility index (Phi) is 11.6. The molecule has 0 aromatic carbocycles. The molecule has 4 atom stereocenters. The largest absolute Gasteiger partial charge is 0.373 e. The minimum atomic E-state index is 0.195. The lowest BCUT2D eigenvalue weighted by Crippen LogP contribution is -2.46. The van der Waals surface area contributed by atoms with Gasteiger partial charge in [-0.1, -0.05) is 108 Å². The zero-order valence-electron chi connectivity index (χ0n) is 19.4. The molecule has 0 saturated heterocycles. The van der Waals surface area contributed by atoms with Gasteiger partial charge in [0.1, 0.15) is 0 Å². The minimum absolute atomic E-state index is 0.195. The number of ether oxygens (including phenoxy) is 1. The number of hydrogen-bond acceptors (Lipinski definition) is 1. The molecule has 0 aliphatic heterocycles. The van der Waals surface area contributed by atoms with Crippen molar-refractivity contribution in [2.24, 2.45) is 22.7 Å². The lowest BCUT2D eigenvalue weighted by Gasteiger charge is -2.45. The van der Waals surface area contributed by atoms with Gasteiger partial charge in [-0.15, -0.1) is 0 Å².